The van der Waals surface area contributed by atoms with Crippen LogP contribution in [0.3, 0.4) is 0 Å². The van der Waals surface area contributed by atoms with E-state index < -0.39 is 17.7 Å². The number of benzene rings is 1. The molecule has 1 amide bonds. The van der Waals surface area contributed by atoms with Gasteiger partial charge in [0.05, 0.1) is 24.6 Å². The SMILES string of the molecule is COC(=O)c1ccc(F)c(NC(=O)c2cnc3ccc(Br)cn23)c1. The lowest BCUT2D eigenvalue weighted by atomic mass is 10.2. The van der Waals surface area contributed by atoms with E-state index in [9.17, 15) is 14.0 Å². The highest BCUT2D eigenvalue weighted by atomic mass is 79.9. The zero-order valence-electron chi connectivity index (χ0n) is 12.4. The van der Waals surface area contributed by atoms with Crippen LogP contribution >= 0.6 is 15.9 Å². The summed E-state index contributed by atoms with van der Waals surface area (Å²) in [4.78, 5) is 28.1. The number of amides is 1. The highest BCUT2D eigenvalue weighted by molar-refractivity contribution is 9.10. The molecule has 1 aromatic carbocycles. The first kappa shape index (κ1) is 16.1. The van der Waals surface area contributed by atoms with Crippen LogP contribution in [-0.4, -0.2) is 28.4 Å². The number of rotatable bonds is 3. The second-order valence-corrected chi connectivity index (χ2v) is 5.77. The third kappa shape index (κ3) is 3.00. The summed E-state index contributed by atoms with van der Waals surface area (Å²) in [5, 5.41) is 2.45. The first-order valence-electron chi connectivity index (χ1n) is 6.81. The molecule has 0 aliphatic heterocycles. The molecule has 3 aromatic rings. The van der Waals surface area contributed by atoms with E-state index in [1.807, 2.05) is 0 Å². The lowest BCUT2D eigenvalue weighted by Crippen LogP contribution is -2.16. The Hall–Kier alpha value is -2.74. The van der Waals surface area contributed by atoms with Crippen molar-refractivity contribution >= 4 is 39.1 Å². The molecule has 24 heavy (non-hydrogen) atoms. The van der Waals surface area contributed by atoms with Crippen LogP contribution in [0.4, 0.5) is 10.1 Å². The topological polar surface area (TPSA) is 72.7 Å². The number of anilines is 1. The number of carbonyl (C=O) groups is 2. The molecule has 2 aromatic heterocycles. The van der Waals surface area contributed by atoms with Gasteiger partial charge in [-0.3, -0.25) is 9.20 Å². The Morgan fingerprint density at radius 3 is 2.83 bits per heavy atom. The number of hydrogen-bond acceptors (Lipinski definition) is 4. The number of aromatic nitrogens is 2. The van der Waals surface area contributed by atoms with Gasteiger partial charge >= 0.3 is 5.97 Å². The number of esters is 1. The summed E-state index contributed by atoms with van der Waals surface area (Å²) in [5.41, 5.74) is 0.823. The smallest absolute Gasteiger partial charge is 0.337 e. The lowest BCUT2D eigenvalue weighted by molar-refractivity contribution is 0.0600. The largest absolute Gasteiger partial charge is 0.465 e. The Kier molecular flexibility index (Phi) is 4.30. The summed E-state index contributed by atoms with van der Waals surface area (Å²) in [7, 11) is 1.22. The molecule has 2 heterocycles. The van der Waals surface area contributed by atoms with Crippen LogP contribution in [0.1, 0.15) is 20.8 Å². The molecule has 3 rings (SSSR count). The fraction of sp³-hybridized carbons (Fsp3) is 0.0625. The van der Waals surface area contributed by atoms with Gasteiger partial charge in [0.25, 0.3) is 5.91 Å². The van der Waals surface area contributed by atoms with E-state index in [1.54, 1.807) is 22.7 Å². The maximum Gasteiger partial charge on any atom is 0.337 e. The van der Waals surface area contributed by atoms with Crippen LogP contribution in [0, 0.1) is 5.82 Å². The van der Waals surface area contributed by atoms with Crippen molar-refractivity contribution < 1.29 is 18.7 Å². The van der Waals surface area contributed by atoms with Crippen LogP contribution in [0.25, 0.3) is 5.65 Å². The maximum atomic E-state index is 13.9. The molecule has 0 aliphatic rings. The van der Waals surface area contributed by atoms with Crippen LogP contribution < -0.4 is 5.32 Å². The van der Waals surface area contributed by atoms with E-state index in [0.717, 1.165) is 10.5 Å². The predicted molar refractivity (Wildman–Crippen MR) is 88.6 cm³/mol. The van der Waals surface area contributed by atoms with Gasteiger partial charge in [-0.25, -0.2) is 14.2 Å². The summed E-state index contributed by atoms with van der Waals surface area (Å²) in [6.45, 7) is 0. The molecule has 0 saturated carbocycles. The predicted octanol–water partition coefficient (Wildman–Crippen LogP) is 3.27. The van der Waals surface area contributed by atoms with E-state index in [4.69, 9.17) is 0 Å². The van der Waals surface area contributed by atoms with E-state index in [2.05, 4.69) is 31.0 Å². The highest BCUT2D eigenvalue weighted by Gasteiger charge is 2.16. The Labute approximate surface area is 144 Å². The van der Waals surface area contributed by atoms with Crippen molar-refractivity contribution in [2.45, 2.75) is 0 Å². The molecule has 0 spiro atoms. The number of hydrogen-bond donors (Lipinski definition) is 1. The number of ether oxygens (including phenoxy) is 1. The maximum absolute atomic E-state index is 13.9. The third-order valence-electron chi connectivity index (χ3n) is 3.34. The van der Waals surface area contributed by atoms with E-state index in [1.165, 1.54) is 25.4 Å². The molecule has 122 valence electrons. The van der Waals surface area contributed by atoms with Gasteiger partial charge in [-0.1, -0.05) is 0 Å². The summed E-state index contributed by atoms with van der Waals surface area (Å²) in [6, 6.07) is 7.12. The molecule has 0 aliphatic carbocycles. The van der Waals surface area contributed by atoms with Crippen LogP contribution in [0.5, 0.6) is 0 Å². The van der Waals surface area contributed by atoms with Crippen LogP contribution in [0.15, 0.2) is 47.2 Å². The van der Waals surface area contributed by atoms with E-state index in [-0.39, 0.29) is 16.9 Å². The third-order valence-corrected chi connectivity index (χ3v) is 3.81. The quantitative estimate of drug-likeness (QED) is 0.695. The van der Waals surface area contributed by atoms with Crippen molar-refractivity contribution in [2.24, 2.45) is 0 Å². The normalized spacial score (nSPS) is 10.6. The minimum absolute atomic E-state index is 0.118. The van der Waals surface area contributed by atoms with Gasteiger partial charge in [0.2, 0.25) is 0 Å². The number of fused-ring (bicyclic) bond motifs is 1. The Morgan fingerprint density at radius 1 is 1.29 bits per heavy atom. The molecule has 0 saturated heterocycles. The van der Waals surface area contributed by atoms with Crippen molar-refractivity contribution in [3.05, 3.63) is 64.3 Å². The van der Waals surface area contributed by atoms with Gasteiger partial charge in [0.15, 0.2) is 0 Å². The first-order valence-corrected chi connectivity index (χ1v) is 7.60. The number of methoxy groups -OCH3 is 1. The molecule has 0 atom stereocenters. The van der Waals surface area contributed by atoms with Crippen molar-refractivity contribution in [3.63, 3.8) is 0 Å². The van der Waals surface area contributed by atoms with Gasteiger partial charge in [0, 0.05) is 10.7 Å². The summed E-state index contributed by atoms with van der Waals surface area (Å²) < 4.78 is 20.8. The number of nitrogens with zero attached hydrogens (tertiary/aromatic N) is 2. The second kappa shape index (κ2) is 6.40. The second-order valence-electron chi connectivity index (χ2n) is 4.86. The molecular weight excluding hydrogens is 381 g/mol. The fourth-order valence-electron chi connectivity index (χ4n) is 2.17. The first-order chi connectivity index (χ1) is 11.5. The van der Waals surface area contributed by atoms with Gasteiger partial charge in [-0.2, -0.15) is 0 Å². The zero-order valence-corrected chi connectivity index (χ0v) is 14.0. The van der Waals surface area contributed by atoms with Crippen molar-refractivity contribution in [1.29, 1.82) is 0 Å². The Balaban J connectivity index is 1.94. The van der Waals surface area contributed by atoms with Crippen LogP contribution in [0.2, 0.25) is 0 Å². The fourth-order valence-corrected chi connectivity index (χ4v) is 2.51. The Bertz CT molecular complexity index is 955. The molecule has 0 fully saturated rings. The van der Waals surface area contributed by atoms with E-state index >= 15 is 0 Å². The monoisotopic (exact) mass is 391 g/mol. The summed E-state index contributed by atoms with van der Waals surface area (Å²) in [5.74, 6) is -1.84. The Morgan fingerprint density at radius 2 is 2.08 bits per heavy atom. The minimum atomic E-state index is -0.661. The van der Waals surface area contributed by atoms with Crippen molar-refractivity contribution in [1.82, 2.24) is 9.38 Å². The molecule has 1 N–H and O–H groups in total. The standard InChI is InChI=1S/C16H11BrFN3O3/c1-24-16(23)9-2-4-11(18)12(6-9)20-15(22)13-7-19-14-5-3-10(17)8-21(13)14/h2-8H,1H3,(H,20,22). The minimum Gasteiger partial charge on any atom is -0.465 e. The number of carbonyl (C=O) groups excluding carboxylic acids is 2. The molecule has 0 unspecified atom stereocenters. The van der Waals surface area contributed by atoms with Gasteiger partial charge in [0.1, 0.15) is 17.2 Å². The molecule has 0 bridgehead atoms. The number of imidazole rings is 1. The lowest BCUT2D eigenvalue weighted by Gasteiger charge is -2.08. The van der Waals surface area contributed by atoms with Gasteiger partial charge < -0.3 is 10.1 Å². The van der Waals surface area contributed by atoms with Crippen molar-refractivity contribution in [3.8, 4) is 0 Å². The summed E-state index contributed by atoms with van der Waals surface area (Å²) in [6.07, 6.45) is 3.07. The number of pyridine rings is 1. The van der Waals surface area contributed by atoms with E-state index in [0.29, 0.717) is 5.65 Å². The molecular formula is C16H11BrFN3O3. The van der Waals surface area contributed by atoms with Gasteiger partial charge in [-0.15, -0.1) is 0 Å². The summed E-state index contributed by atoms with van der Waals surface area (Å²) >= 11 is 3.32. The number of nitrogens with one attached hydrogen (secondary N) is 1. The van der Waals surface area contributed by atoms with Crippen LogP contribution in [-0.2, 0) is 4.74 Å². The van der Waals surface area contributed by atoms with Crippen molar-refractivity contribution in [2.75, 3.05) is 12.4 Å². The molecule has 8 heteroatoms. The zero-order chi connectivity index (χ0) is 17.3. The van der Waals surface area contributed by atoms with Gasteiger partial charge in [-0.05, 0) is 46.3 Å². The average molecular weight is 392 g/mol. The number of halogens is 2. The molecule has 6 nitrogen and oxygen atoms in total. The highest BCUT2D eigenvalue weighted by Crippen LogP contribution is 2.19. The molecule has 0 radical (unpaired) electrons. The average Bonchev–Trinajstić information content (AvgIpc) is 2.99.